The molecule has 0 saturated carbocycles. The highest BCUT2D eigenvalue weighted by molar-refractivity contribution is 6.18. The van der Waals surface area contributed by atoms with Crippen LogP contribution in [0.15, 0.2) is 29.6 Å². The predicted octanol–water partition coefficient (Wildman–Crippen LogP) is 5.51. The Balaban J connectivity index is 0. The average molecular weight is 493 g/mol. The molecular weight excluding hydrogens is 455 g/mol. The molecule has 0 unspecified atom stereocenters. The summed E-state index contributed by atoms with van der Waals surface area (Å²) in [6.45, 7) is 6.61. The Morgan fingerprint density at radius 2 is 1.66 bits per heavy atom. The van der Waals surface area contributed by atoms with Gasteiger partial charge in [0.25, 0.3) is 0 Å². The summed E-state index contributed by atoms with van der Waals surface area (Å²) in [6, 6.07) is 7.85. The van der Waals surface area contributed by atoms with E-state index in [9.17, 15) is 14.5 Å². The lowest BCUT2D eigenvalue weighted by atomic mass is 10.1. The first-order valence-electron chi connectivity index (χ1n) is 10.5. The first-order chi connectivity index (χ1) is 14.9. The smallest absolute Gasteiger partial charge is 0.340 e. The highest BCUT2D eigenvalue weighted by Gasteiger charge is 2.11. The zero-order valence-electron chi connectivity index (χ0n) is 18.4. The lowest BCUT2D eigenvalue weighted by molar-refractivity contribution is -0.137. The molecule has 184 valence electrons. The van der Waals surface area contributed by atoms with E-state index in [-0.39, 0.29) is 26.3 Å². The number of halogens is 2. The van der Waals surface area contributed by atoms with Crippen LogP contribution in [0.5, 0.6) is 0 Å². The molecule has 1 aromatic rings. The SMILES string of the molecule is C.CCCN(CCCl)c1ccc(CCCC(=O)O)cc1.CCCNC(=O)N(CCCl)N=O. The van der Waals surface area contributed by atoms with Gasteiger partial charge < -0.3 is 15.3 Å². The molecule has 10 heteroatoms. The van der Waals surface area contributed by atoms with Crippen molar-refractivity contribution < 1.29 is 14.7 Å². The number of urea groups is 1. The molecule has 0 radical (unpaired) electrons. The summed E-state index contributed by atoms with van der Waals surface area (Å²) in [5.41, 5.74) is 2.37. The molecule has 0 aliphatic heterocycles. The number of rotatable bonds is 14. The normalized spacial score (nSPS) is 9.62. The molecule has 32 heavy (non-hydrogen) atoms. The van der Waals surface area contributed by atoms with E-state index in [0.717, 1.165) is 37.4 Å². The number of carbonyl (C=O) groups excluding carboxylic acids is 1. The second-order valence-electron chi connectivity index (χ2n) is 6.72. The third-order valence-electron chi connectivity index (χ3n) is 4.16. The first kappa shape index (κ1) is 32.1. The van der Waals surface area contributed by atoms with E-state index in [1.54, 1.807) is 0 Å². The number of carboxylic acid groups (broad SMARTS) is 1. The number of nitroso groups, excluding NO2 is 1. The van der Waals surface area contributed by atoms with Crippen LogP contribution in [0.3, 0.4) is 0 Å². The fourth-order valence-electron chi connectivity index (χ4n) is 2.64. The number of carboxylic acids is 1. The van der Waals surface area contributed by atoms with Crippen LogP contribution in [0.4, 0.5) is 10.5 Å². The van der Waals surface area contributed by atoms with Crippen molar-refractivity contribution in [1.82, 2.24) is 10.3 Å². The molecule has 0 fully saturated rings. The van der Waals surface area contributed by atoms with Gasteiger partial charge in [-0.1, -0.05) is 33.4 Å². The maximum atomic E-state index is 11.0. The number of benzene rings is 1. The Labute approximate surface area is 202 Å². The number of nitrogens with zero attached hydrogens (tertiary/aromatic N) is 3. The van der Waals surface area contributed by atoms with Crippen molar-refractivity contribution in [3.63, 3.8) is 0 Å². The van der Waals surface area contributed by atoms with Gasteiger partial charge in [-0.25, -0.2) is 4.79 Å². The maximum Gasteiger partial charge on any atom is 0.340 e. The van der Waals surface area contributed by atoms with Gasteiger partial charge in [-0.05, 0) is 43.4 Å². The van der Waals surface area contributed by atoms with Crippen molar-refractivity contribution in [2.45, 2.75) is 53.4 Å². The van der Waals surface area contributed by atoms with Gasteiger partial charge in [0.2, 0.25) is 0 Å². The number of aliphatic carboxylic acids is 1. The van der Waals surface area contributed by atoms with Gasteiger partial charge in [-0.3, -0.25) is 4.79 Å². The van der Waals surface area contributed by atoms with Crippen LogP contribution in [0.2, 0.25) is 0 Å². The van der Waals surface area contributed by atoms with Crippen LogP contribution < -0.4 is 10.2 Å². The molecule has 0 aliphatic carbocycles. The van der Waals surface area contributed by atoms with Crippen LogP contribution in [-0.4, -0.2) is 60.1 Å². The minimum atomic E-state index is -0.729. The number of amides is 2. The highest BCUT2D eigenvalue weighted by Crippen LogP contribution is 2.17. The predicted molar refractivity (Wildman–Crippen MR) is 134 cm³/mol. The van der Waals surface area contributed by atoms with E-state index in [1.165, 1.54) is 11.3 Å². The molecule has 1 aromatic carbocycles. The third-order valence-corrected chi connectivity index (χ3v) is 4.50. The summed E-state index contributed by atoms with van der Waals surface area (Å²) in [5.74, 6) is 0.0962. The Hall–Kier alpha value is -2.06. The topological polar surface area (TPSA) is 102 Å². The largest absolute Gasteiger partial charge is 0.481 e. The molecule has 8 nitrogen and oxygen atoms in total. The van der Waals surface area contributed by atoms with E-state index >= 15 is 0 Å². The van der Waals surface area contributed by atoms with Gasteiger partial charge >= 0.3 is 12.0 Å². The van der Waals surface area contributed by atoms with Gasteiger partial charge in [0, 0.05) is 43.5 Å². The first-order valence-corrected chi connectivity index (χ1v) is 11.6. The Morgan fingerprint density at radius 1 is 1.03 bits per heavy atom. The fourth-order valence-corrected chi connectivity index (χ4v) is 3.01. The summed E-state index contributed by atoms with van der Waals surface area (Å²) in [5, 5.41) is 14.4. The van der Waals surface area contributed by atoms with Gasteiger partial charge in [0.05, 0.1) is 11.8 Å². The molecule has 0 saturated heterocycles. The van der Waals surface area contributed by atoms with Crippen LogP contribution in [0.25, 0.3) is 0 Å². The summed E-state index contributed by atoms with van der Waals surface area (Å²) in [4.78, 5) is 33.8. The highest BCUT2D eigenvalue weighted by atomic mass is 35.5. The van der Waals surface area contributed by atoms with E-state index in [2.05, 4.69) is 46.7 Å². The molecule has 0 aromatic heterocycles. The third kappa shape index (κ3) is 14.9. The van der Waals surface area contributed by atoms with Crippen LogP contribution in [0.1, 0.15) is 52.5 Å². The number of nitrogens with one attached hydrogen (secondary N) is 1. The van der Waals surface area contributed by atoms with Crippen molar-refractivity contribution in [3.8, 4) is 0 Å². The number of carbonyl (C=O) groups is 2. The van der Waals surface area contributed by atoms with Crippen LogP contribution in [0, 0.1) is 4.91 Å². The van der Waals surface area contributed by atoms with E-state index in [1.807, 2.05) is 6.92 Å². The summed E-state index contributed by atoms with van der Waals surface area (Å²) < 4.78 is 0. The molecule has 0 bridgehead atoms. The number of anilines is 1. The quantitative estimate of drug-likeness (QED) is 0.202. The summed E-state index contributed by atoms with van der Waals surface area (Å²) in [7, 11) is 0. The number of hydrogen-bond donors (Lipinski definition) is 2. The Kier molecular flexibility index (Phi) is 20.9. The molecular formula is C22H38Cl2N4O4. The minimum absolute atomic E-state index is 0. The van der Waals surface area contributed by atoms with Crippen LogP contribution in [-0.2, 0) is 11.2 Å². The van der Waals surface area contributed by atoms with Gasteiger partial charge in [0.15, 0.2) is 0 Å². The number of alkyl halides is 2. The molecule has 0 atom stereocenters. The monoisotopic (exact) mass is 492 g/mol. The van der Waals surface area contributed by atoms with Crippen LogP contribution >= 0.6 is 23.2 Å². The lowest BCUT2D eigenvalue weighted by Gasteiger charge is -2.23. The molecule has 0 heterocycles. The van der Waals surface area contributed by atoms with Crippen molar-refractivity contribution in [3.05, 3.63) is 34.7 Å². The molecule has 1 rings (SSSR count). The second kappa shape index (κ2) is 20.8. The Morgan fingerprint density at radius 3 is 2.12 bits per heavy atom. The minimum Gasteiger partial charge on any atom is -0.481 e. The van der Waals surface area contributed by atoms with Crippen molar-refractivity contribution in [2.24, 2.45) is 5.29 Å². The lowest BCUT2D eigenvalue weighted by Crippen LogP contribution is -2.37. The molecule has 2 N–H and O–H groups in total. The maximum absolute atomic E-state index is 11.0. The zero-order chi connectivity index (χ0) is 23.5. The second-order valence-corrected chi connectivity index (χ2v) is 7.47. The standard InChI is InChI=1S/C15H22ClNO2.C6H12ClN3O2.CH4/c1-2-11-17(12-10-16)14-8-6-13(7-9-14)4-3-5-15(18)19;1-2-4-8-6(11)10(9-12)5-3-7;/h6-9H,2-5,10-12H2,1H3,(H,18,19);2-5H2,1H3,(H,8,11);1H4. The number of aryl methyl sites for hydroxylation is 1. The van der Waals surface area contributed by atoms with Gasteiger partial charge in [0.1, 0.15) is 0 Å². The molecule has 2 amide bonds. The van der Waals surface area contributed by atoms with Crippen molar-refractivity contribution in [2.75, 3.05) is 42.8 Å². The molecule has 0 spiro atoms. The average Bonchev–Trinajstić information content (AvgIpc) is 2.76. The van der Waals surface area contributed by atoms with Crippen molar-refractivity contribution in [1.29, 1.82) is 0 Å². The Bertz CT molecular complexity index is 627. The van der Waals surface area contributed by atoms with Crippen molar-refractivity contribution >= 4 is 40.9 Å². The van der Waals surface area contributed by atoms with E-state index < -0.39 is 12.0 Å². The van der Waals surface area contributed by atoms with Gasteiger partial charge in [-0.2, -0.15) is 5.01 Å². The zero-order valence-corrected chi connectivity index (χ0v) is 19.9. The van der Waals surface area contributed by atoms with E-state index in [0.29, 0.717) is 18.8 Å². The van der Waals surface area contributed by atoms with E-state index in [4.69, 9.17) is 28.3 Å². The summed E-state index contributed by atoms with van der Waals surface area (Å²) in [6.07, 6.45) is 3.65. The molecule has 0 aliphatic rings. The summed E-state index contributed by atoms with van der Waals surface area (Å²) >= 11 is 11.1. The van der Waals surface area contributed by atoms with Gasteiger partial charge in [-0.15, -0.1) is 28.1 Å². The fraction of sp³-hybridized carbons (Fsp3) is 0.636. The number of hydrogen-bond acceptors (Lipinski definition) is 5.